The van der Waals surface area contributed by atoms with Gasteiger partial charge in [0.25, 0.3) is 6.01 Å². The van der Waals surface area contributed by atoms with Crippen molar-refractivity contribution >= 4 is 39.6 Å². The van der Waals surface area contributed by atoms with Crippen LogP contribution in [-0.4, -0.2) is 50.4 Å². The number of benzene rings is 2. The van der Waals surface area contributed by atoms with Crippen LogP contribution in [-0.2, 0) is 29.2 Å². The number of imidazole rings is 1. The first-order valence-corrected chi connectivity index (χ1v) is 15.6. The van der Waals surface area contributed by atoms with E-state index in [2.05, 4.69) is 15.0 Å². The number of aromatic amines is 1. The Hall–Kier alpha value is -5.78. The number of hydrogen-bond donors (Lipinski definition) is 1. The second-order valence-electron chi connectivity index (χ2n) is 11.6. The van der Waals surface area contributed by atoms with Crippen LogP contribution in [0.4, 0.5) is 5.69 Å². The van der Waals surface area contributed by atoms with E-state index < -0.39 is 5.76 Å². The van der Waals surface area contributed by atoms with Gasteiger partial charge in [0.05, 0.1) is 24.9 Å². The molecular formula is C36H36N6O6. The molecule has 0 saturated carbocycles. The number of ether oxygens (including phenoxy) is 2. The van der Waals surface area contributed by atoms with Gasteiger partial charge in [0.15, 0.2) is 11.2 Å². The number of Topliss-reactive ketones (excluding diaryl/α,β-unsaturated/α-hetero) is 1. The topological polar surface area (TPSA) is 145 Å². The summed E-state index contributed by atoms with van der Waals surface area (Å²) in [6.45, 7) is 4.75. The van der Waals surface area contributed by atoms with Gasteiger partial charge in [-0.15, -0.1) is 0 Å². The van der Waals surface area contributed by atoms with Crippen molar-refractivity contribution in [2.75, 3.05) is 19.1 Å². The van der Waals surface area contributed by atoms with Crippen molar-refractivity contribution < 1.29 is 23.5 Å². The Bertz CT molecular complexity index is 2170. The lowest BCUT2D eigenvalue weighted by atomic mass is 10.0. The Labute approximate surface area is 276 Å². The standard InChI is InChI=1S/C36H36N6O6/c1-22-11-15-28(41(3)32(44)16-14-26(43)13-12-24-18-31-34(38-19-24)40-36(45)48-31)23(2)27(22)21-47-30-10-7-9-29-33(30)39-35(46-4)42(29)20-25-8-5-6-17-37-25/h5-11,15,17-19H,12-14,16,20-21H2,1-4H3,(H,38,40,45). The predicted molar refractivity (Wildman–Crippen MR) is 180 cm³/mol. The zero-order valence-electron chi connectivity index (χ0n) is 27.3. The van der Waals surface area contributed by atoms with Gasteiger partial charge in [0, 0.05) is 44.4 Å². The number of anilines is 1. The summed E-state index contributed by atoms with van der Waals surface area (Å²) in [4.78, 5) is 54.6. The van der Waals surface area contributed by atoms with Gasteiger partial charge in [0.2, 0.25) is 5.91 Å². The average molecular weight is 649 g/mol. The number of carbonyl (C=O) groups is 2. The van der Waals surface area contributed by atoms with Crippen LogP contribution >= 0.6 is 0 Å². The smallest absolute Gasteiger partial charge is 0.418 e. The maximum atomic E-state index is 13.2. The fraction of sp³-hybridized carbons (Fsp3) is 0.278. The molecule has 0 unspecified atom stereocenters. The van der Waals surface area contributed by atoms with E-state index in [-0.39, 0.29) is 37.6 Å². The molecule has 0 aliphatic heterocycles. The van der Waals surface area contributed by atoms with Crippen LogP contribution in [0.5, 0.6) is 11.8 Å². The van der Waals surface area contributed by atoms with Crippen LogP contribution in [0.15, 0.2) is 76.2 Å². The van der Waals surface area contributed by atoms with Crippen LogP contribution < -0.4 is 20.1 Å². The predicted octanol–water partition coefficient (Wildman–Crippen LogP) is 5.46. The molecule has 246 valence electrons. The van der Waals surface area contributed by atoms with E-state index in [0.717, 1.165) is 39.2 Å². The molecule has 1 amide bonds. The minimum absolute atomic E-state index is 0.0321. The number of rotatable bonds is 13. The highest BCUT2D eigenvalue weighted by Gasteiger charge is 2.20. The number of carbonyl (C=O) groups excluding carboxylic acids is 2. The number of oxazole rings is 1. The van der Waals surface area contributed by atoms with E-state index in [0.29, 0.717) is 41.5 Å². The number of aromatic nitrogens is 5. The van der Waals surface area contributed by atoms with Gasteiger partial charge in [0.1, 0.15) is 23.7 Å². The molecule has 12 heteroatoms. The molecule has 6 aromatic rings. The summed E-state index contributed by atoms with van der Waals surface area (Å²) in [5.41, 5.74) is 7.59. The molecule has 0 aliphatic carbocycles. The number of methoxy groups -OCH3 is 1. The summed E-state index contributed by atoms with van der Waals surface area (Å²) in [6, 6.07) is 17.6. The molecule has 0 radical (unpaired) electrons. The third-order valence-corrected chi connectivity index (χ3v) is 8.49. The Balaban J connectivity index is 1.10. The molecule has 0 aliphatic rings. The zero-order valence-corrected chi connectivity index (χ0v) is 27.3. The molecule has 4 aromatic heterocycles. The fourth-order valence-corrected chi connectivity index (χ4v) is 5.77. The van der Waals surface area contributed by atoms with Crippen molar-refractivity contribution in [2.45, 2.75) is 52.7 Å². The fourth-order valence-electron chi connectivity index (χ4n) is 5.77. The molecular weight excluding hydrogens is 612 g/mol. The molecule has 12 nitrogen and oxygen atoms in total. The van der Waals surface area contributed by atoms with E-state index in [4.69, 9.17) is 18.9 Å². The lowest BCUT2D eigenvalue weighted by Gasteiger charge is -2.23. The Morgan fingerprint density at radius 3 is 2.67 bits per heavy atom. The van der Waals surface area contributed by atoms with Crippen LogP contribution in [0.25, 0.3) is 22.3 Å². The summed E-state index contributed by atoms with van der Waals surface area (Å²) in [7, 11) is 3.32. The molecule has 0 fully saturated rings. The number of H-pyrrole nitrogens is 1. The lowest BCUT2D eigenvalue weighted by molar-refractivity contribution is -0.123. The number of para-hydroxylation sites is 1. The van der Waals surface area contributed by atoms with Crippen molar-refractivity contribution in [3.05, 3.63) is 105 Å². The number of hydrogen-bond acceptors (Lipinski definition) is 9. The highest BCUT2D eigenvalue weighted by Crippen LogP contribution is 2.32. The largest absolute Gasteiger partial charge is 0.487 e. The second kappa shape index (κ2) is 13.9. The van der Waals surface area contributed by atoms with Crippen molar-refractivity contribution in [3.8, 4) is 11.8 Å². The first-order valence-electron chi connectivity index (χ1n) is 15.6. The molecule has 0 saturated heterocycles. The van der Waals surface area contributed by atoms with Crippen molar-refractivity contribution in [1.29, 1.82) is 0 Å². The van der Waals surface area contributed by atoms with E-state index in [1.54, 1.807) is 37.5 Å². The van der Waals surface area contributed by atoms with Crippen LogP contribution in [0, 0.1) is 13.8 Å². The Kier molecular flexibility index (Phi) is 9.33. The normalized spacial score (nSPS) is 11.2. The third-order valence-electron chi connectivity index (χ3n) is 8.49. The highest BCUT2D eigenvalue weighted by atomic mass is 16.5. The minimum atomic E-state index is -0.573. The number of nitrogens with one attached hydrogen (secondary N) is 1. The van der Waals surface area contributed by atoms with Gasteiger partial charge in [-0.1, -0.05) is 18.2 Å². The van der Waals surface area contributed by atoms with Gasteiger partial charge in [-0.05, 0) is 78.9 Å². The van der Waals surface area contributed by atoms with E-state index in [9.17, 15) is 14.4 Å². The van der Waals surface area contributed by atoms with Crippen molar-refractivity contribution in [3.63, 3.8) is 0 Å². The zero-order chi connectivity index (χ0) is 33.8. The minimum Gasteiger partial charge on any atom is -0.487 e. The maximum Gasteiger partial charge on any atom is 0.418 e. The van der Waals surface area contributed by atoms with Crippen molar-refractivity contribution in [1.82, 2.24) is 24.5 Å². The summed E-state index contributed by atoms with van der Waals surface area (Å²) < 4.78 is 19.0. The molecule has 6 rings (SSSR count). The van der Waals surface area contributed by atoms with Crippen LogP contribution in [0.3, 0.4) is 0 Å². The molecule has 1 N–H and O–H groups in total. The Morgan fingerprint density at radius 1 is 1.02 bits per heavy atom. The van der Waals surface area contributed by atoms with Gasteiger partial charge in [-0.25, -0.2) is 9.78 Å². The molecule has 48 heavy (non-hydrogen) atoms. The first-order chi connectivity index (χ1) is 23.2. The van der Waals surface area contributed by atoms with Gasteiger partial charge in [-0.3, -0.25) is 24.1 Å². The molecule has 0 spiro atoms. The summed E-state index contributed by atoms with van der Waals surface area (Å²) in [5, 5.41) is 0. The molecule has 4 heterocycles. The van der Waals surface area contributed by atoms with E-state index in [1.165, 1.54) is 0 Å². The van der Waals surface area contributed by atoms with Gasteiger partial charge < -0.3 is 18.8 Å². The molecule has 0 atom stereocenters. The third kappa shape index (κ3) is 6.82. The summed E-state index contributed by atoms with van der Waals surface area (Å²) >= 11 is 0. The first kappa shape index (κ1) is 32.2. The monoisotopic (exact) mass is 648 g/mol. The summed E-state index contributed by atoms with van der Waals surface area (Å²) in [6.07, 6.45) is 4.27. The van der Waals surface area contributed by atoms with Gasteiger partial charge in [-0.2, -0.15) is 4.98 Å². The highest BCUT2D eigenvalue weighted by molar-refractivity contribution is 5.96. The maximum absolute atomic E-state index is 13.2. The quantitative estimate of drug-likeness (QED) is 0.173. The number of ketones is 1. The molecule has 2 aromatic carbocycles. The van der Waals surface area contributed by atoms with Gasteiger partial charge >= 0.3 is 5.76 Å². The number of nitrogens with zero attached hydrogens (tertiary/aromatic N) is 5. The second-order valence-corrected chi connectivity index (χ2v) is 11.6. The number of pyridine rings is 2. The SMILES string of the molecule is COc1nc2c(OCc3c(C)ccc(N(C)C(=O)CCC(=O)CCc4cnc5[nH]c(=O)oc5c4)c3C)cccc2n1Cc1ccccn1. The van der Waals surface area contributed by atoms with E-state index in [1.807, 2.05) is 66.9 Å². The number of amides is 1. The average Bonchev–Trinajstić information content (AvgIpc) is 3.65. The number of fused-ring (bicyclic) bond motifs is 2. The van der Waals surface area contributed by atoms with Crippen LogP contribution in [0.1, 0.15) is 47.2 Å². The Morgan fingerprint density at radius 2 is 1.88 bits per heavy atom. The van der Waals surface area contributed by atoms with E-state index >= 15 is 0 Å². The van der Waals surface area contributed by atoms with Crippen LogP contribution in [0.2, 0.25) is 0 Å². The van der Waals surface area contributed by atoms with Crippen molar-refractivity contribution in [2.24, 2.45) is 0 Å². The molecule has 0 bridgehead atoms. The lowest BCUT2D eigenvalue weighted by Crippen LogP contribution is -2.27. The summed E-state index contributed by atoms with van der Waals surface area (Å²) in [5.74, 6) is -0.146. The number of aryl methyl sites for hydroxylation is 2.